The molecule has 2 rings (SSSR count). The van der Waals surface area contributed by atoms with Crippen LogP contribution in [0.25, 0.3) is 0 Å². The van der Waals surface area contributed by atoms with Crippen molar-refractivity contribution in [3.05, 3.63) is 24.0 Å². The molecular formula is C15H23N3O. The van der Waals surface area contributed by atoms with E-state index >= 15 is 0 Å². The van der Waals surface area contributed by atoms with E-state index in [1.807, 2.05) is 11.0 Å². The van der Waals surface area contributed by atoms with Crippen molar-refractivity contribution in [3.8, 4) is 0 Å². The summed E-state index contributed by atoms with van der Waals surface area (Å²) in [6.07, 6.45) is 7.91. The molecule has 0 saturated carbocycles. The molecule has 104 valence electrons. The maximum atomic E-state index is 12.7. The fourth-order valence-corrected chi connectivity index (χ4v) is 2.54. The molecule has 1 atom stereocenters. The zero-order valence-corrected chi connectivity index (χ0v) is 11.9. The highest BCUT2D eigenvalue weighted by Gasteiger charge is 2.25. The van der Waals surface area contributed by atoms with Crippen molar-refractivity contribution in [1.29, 1.82) is 0 Å². The number of nitrogens with zero attached hydrogens (tertiary/aromatic N) is 2. The first kappa shape index (κ1) is 13.8. The molecule has 1 aromatic rings. The summed E-state index contributed by atoms with van der Waals surface area (Å²) in [7, 11) is 0. The first-order valence-electron chi connectivity index (χ1n) is 7.23. The molecule has 1 fully saturated rings. The number of likely N-dealkylation sites (tertiary alicyclic amines) is 1. The van der Waals surface area contributed by atoms with Gasteiger partial charge < -0.3 is 10.2 Å². The minimum absolute atomic E-state index is 0.133. The lowest BCUT2D eigenvalue weighted by Gasteiger charge is -2.33. The van der Waals surface area contributed by atoms with Crippen LogP contribution in [0.1, 0.15) is 49.9 Å². The van der Waals surface area contributed by atoms with Crippen molar-refractivity contribution in [2.45, 2.75) is 45.6 Å². The van der Waals surface area contributed by atoms with Crippen molar-refractivity contribution < 1.29 is 4.79 Å². The molecule has 1 unspecified atom stereocenters. The van der Waals surface area contributed by atoms with Gasteiger partial charge in [0.2, 0.25) is 0 Å². The summed E-state index contributed by atoms with van der Waals surface area (Å²) in [5, 5.41) is 3.29. The van der Waals surface area contributed by atoms with Gasteiger partial charge in [-0.3, -0.25) is 9.78 Å². The molecule has 0 aromatic carbocycles. The number of piperidine rings is 1. The lowest BCUT2D eigenvalue weighted by atomic mass is 10.0. The van der Waals surface area contributed by atoms with Crippen LogP contribution in [0.4, 0.5) is 5.69 Å². The van der Waals surface area contributed by atoms with Gasteiger partial charge >= 0.3 is 0 Å². The smallest absolute Gasteiger partial charge is 0.256 e. The highest BCUT2D eigenvalue weighted by atomic mass is 16.2. The van der Waals surface area contributed by atoms with Crippen LogP contribution in [0.15, 0.2) is 18.5 Å². The number of nitrogens with one attached hydrogen (secondary N) is 1. The van der Waals surface area contributed by atoms with E-state index in [-0.39, 0.29) is 5.91 Å². The van der Waals surface area contributed by atoms with E-state index < -0.39 is 0 Å². The molecule has 1 aliphatic heterocycles. The second kappa shape index (κ2) is 6.55. The van der Waals surface area contributed by atoms with Gasteiger partial charge in [0, 0.05) is 25.3 Å². The molecule has 1 aromatic heterocycles. The van der Waals surface area contributed by atoms with Crippen LogP contribution in [0.3, 0.4) is 0 Å². The molecule has 1 saturated heterocycles. The number of amides is 1. The molecule has 4 heteroatoms. The predicted molar refractivity (Wildman–Crippen MR) is 77.4 cm³/mol. The van der Waals surface area contributed by atoms with E-state index in [9.17, 15) is 4.79 Å². The highest BCUT2D eigenvalue weighted by molar-refractivity contribution is 5.99. The normalized spacial score (nSPS) is 19.3. The van der Waals surface area contributed by atoms with Gasteiger partial charge in [-0.05, 0) is 38.7 Å². The maximum Gasteiger partial charge on any atom is 0.256 e. The number of anilines is 1. The number of hydrogen-bond acceptors (Lipinski definition) is 3. The average molecular weight is 261 g/mol. The first-order chi connectivity index (χ1) is 9.24. The molecular weight excluding hydrogens is 238 g/mol. The van der Waals surface area contributed by atoms with Gasteiger partial charge in [0.1, 0.15) is 0 Å². The second-order valence-electron chi connectivity index (χ2n) is 5.19. The Hall–Kier alpha value is -1.58. The topological polar surface area (TPSA) is 45.2 Å². The van der Waals surface area contributed by atoms with Gasteiger partial charge in [-0.1, -0.05) is 6.92 Å². The minimum atomic E-state index is 0.133. The molecule has 0 radical (unpaired) electrons. The largest absolute Gasteiger partial charge is 0.383 e. The van der Waals surface area contributed by atoms with Crippen LogP contribution in [-0.2, 0) is 0 Å². The van der Waals surface area contributed by atoms with Crippen LogP contribution in [0, 0.1) is 0 Å². The van der Waals surface area contributed by atoms with Gasteiger partial charge in [-0.15, -0.1) is 0 Å². The Morgan fingerprint density at radius 1 is 1.53 bits per heavy atom. The van der Waals surface area contributed by atoms with Gasteiger partial charge in [-0.2, -0.15) is 0 Å². The van der Waals surface area contributed by atoms with Crippen molar-refractivity contribution in [2.75, 3.05) is 18.4 Å². The summed E-state index contributed by atoms with van der Waals surface area (Å²) >= 11 is 0. The molecule has 2 heterocycles. The zero-order valence-electron chi connectivity index (χ0n) is 11.9. The van der Waals surface area contributed by atoms with Crippen molar-refractivity contribution in [3.63, 3.8) is 0 Å². The Bertz CT molecular complexity index is 433. The van der Waals surface area contributed by atoms with Crippen LogP contribution >= 0.6 is 0 Å². The Morgan fingerprint density at radius 2 is 2.37 bits per heavy atom. The van der Waals surface area contributed by atoms with Crippen LogP contribution in [0.5, 0.6) is 0 Å². The Morgan fingerprint density at radius 3 is 3.11 bits per heavy atom. The molecule has 4 nitrogen and oxygen atoms in total. The summed E-state index contributed by atoms with van der Waals surface area (Å²) in [6.45, 7) is 5.98. The lowest BCUT2D eigenvalue weighted by Crippen LogP contribution is -2.42. The number of aromatic nitrogens is 1. The summed E-state index contributed by atoms with van der Waals surface area (Å²) in [6, 6.07) is 2.16. The third-order valence-corrected chi connectivity index (χ3v) is 3.68. The van der Waals surface area contributed by atoms with E-state index in [1.165, 1.54) is 6.42 Å². The predicted octanol–water partition coefficient (Wildman–Crippen LogP) is 2.92. The Balaban J connectivity index is 2.17. The summed E-state index contributed by atoms with van der Waals surface area (Å²) in [4.78, 5) is 18.8. The molecule has 1 aliphatic rings. The number of pyridine rings is 1. The summed E-state index contributed by atoms with van der Waals surface area (Å²) in [5.74, 6) is 0.133. The van der Waals surface area contributed by atoms with Crippen molar-refractivity contribution in [1.82, 2.24) is 9.88 Å². The average Bonchev–Trinajstić information content (AvgIpc) is 2.45. The van der Waals surface area contributed by atoms with Crippen LogP contribution in [-0.4, -0.2) is 34.9 Å². The standard InChI is InChI=1S/C15H23N3O/c1-3-8-17-14-11-16-9-7-13(14)15(19)18-10-5-4-6-12(18)2/h7,9,11-12,17H,3-6,8,10H2,1-2H3. The number of carbonyl (C=O) groups excluding carboxylic acids is 1. The number of rotatable bonds is 4. The lowest BCUT2D eigenvalue weighted by molar-refractivity contribution is 0.0636. The molecule has 1 N–H and O–H groups in total. The molecule has 0 spiro atoms. The van der Waals surface area contributed by atoms with Gasteiger partial charge in [0.05, 0.1) is 17.4 Å². The second-order valence-corrected chi connectivity index (χ2v) is 5.19. The van der Waals surface area contributed by atoms with E-state index in [0.29, 0.717) is 6.04 Å². The van der Waals surface area contributed by atoms with Crippen molar-refractivity contribution >= 4 is 11.6 Å². The number of hydrogen-bond donors (Lipinski definition) is 1. The summed E-state index contributed by atoms with van der Waals surface area (Å²) in [5.41, 5.74) is 1.60. The van der Waals surface area contributed by atoms with E-state index in [0.717, 1.165) is 43.6 Å². The van der Waals surface area contributed by atoms with E-state index in [2.05, 4.69) is 24.1 Å². The monoisotopic (exact) mass is 261 g/mol. The summed E-state index contributed by atoms with van der Waals surface area (Å²) < 4.78 is 0. The van der Waals surface area contributed by atoms with Gasteiger partial charge in [0.25, 0.3) is 5.91 Å². The minimum Gasteiger partial charge on any atom is -0.383 e. The Labute approximate surface area is 115 Å². The third-order valence-electron chi connectivity index (χ3n) is 3.68. The highest BCUT2D eigenvalue weighted by Crippen LogP contribution is 2.22. The first-order valence-corrected chi connectivity index (χ1v) is 7.23. The molecule has 1 amide bonds. The third kappa shape index (κ3) is 3.25. The molecule has 19 heavy (non-hydrogen) atoms. The fourth-order valence-electron chi connectivity index (χ4n) is 2.54. The molecule has 0 aliphatic carbocycles. The Kier molecular flexibility index (Phi) is 4.77. The zero-order chi connectivity index (χ0) is 13.7. The van der Waals surface area contributed by atoms with Crippen molar-refractivity contribution in [2.24, 2.45) is 0 Å². The number of carbonyl (C=O) groups is 1. The fraction of sp³-hybridized carbons (Fsp3) is 0.600. The van der Waals surface area contributed by atoms with Gasteiger partial charge in [-0.25, -0.2) is 0 Å². The van der Waals surface area contributed by atoms with Gasteiger partial charge in [0.15, 0.2) is 0 Å². The quantitative estimate of drug-likeness (QED) is 0.906. The molecule has 0 bridgehead atoms. The van der Waals surface area contributed by atoms with Crippen LogP contribution < -0.4 is 5.32 Å². The SMILES string of the molecule is CCCNc1cnccc1C(=O)N1CCCCC1C. The van der Waals surface area contributed by atoms with E-state index in [1.54, 1.807) is 12.4 Å². The van der Waals surface area contributed by atoms with Crippen LogP contribution in [0.2, 0.25) is 0 Å². The maximum absolute atomic E-state index is 12.7. The van der Waals surface area contributed by atoms with E-state index in [4.69, 9.17) is 0 Å².